The Kier molecular flexibility index (Phi) is 3.69. The van der Waals surface area contributed by atoms with Gasteiger partial charge < -0.3 is 10.1 Å². The van der Waals surface area contributed by atoms with Crippen molar-refractivity contribution in [3.63, 3.8) is 0 Å². The van der Waals surface area contributed by atoms with Crippen LogP contribution in [0.3, 0.4) is 0 Å². The monoisotopic (exact) mass is 217 g/mol. The molecule has 14 heavy (non-hydrogen) atoms. The molecule has 2 rings (SSSR count). The van der Waals surface area contributed by atoms with E-state index in [9.17, 15) is 0 Å². The standard InChI is InChI=1S/C11H20ClNO/c12-8-11(6-7-14-9-11)13-10-4-2-1-3-5-10/h10,13H,1-9H2. The van der Waals surface area contributed by atoms with Crippen molar-refractivity contribution < 1.29 is 4.74 Å². The van der Waals surface area contributed by atoms with Gasteiger partial charge >= 0.3 is 0 Å². The highest BCUT2D eigenvalue weighted by molar-refractivity contribution is 6.18. The molecule has 2 nitrogen and oxygen atoms in total. The first-order chi connectivity index (χ1) is 6.85. The van der Waals surface area contributed by atoms with Crippen LogP contribution < -0.4 is 5.32 Å². The Morgan fingerprint density at radius 2 is 2.07 bits per heavy atom. The third-order valence-electron chi connectivity index (χ3n) is 3.47. The summed E-state index contributed by atoms with van der Waals surface area (Å²) >= 11 is 6.04. The second-order valence-electron chi connectivity index (χ2n) is 4.70. The summed E-state index contributed by atoms with van der Waals surface area (Å²) in [6.07, 6.45) is 7.86. The minimum absolute atomic E-state index is 0.0869. The van der Waals surface area contributed by atoms with E-state index in [1.165, 1.54) is 32.1 Å². The molecule has 0 aromatic heterocycles. The lowest BCUT2D eigenvalue weighted by Gasteiger charge is -2.34. The van der Waals surface area contributed by atoms with Gasteiger partial charge in [-0.3, -0.25) is 0 Å². The predicted octanol–water partition coefficient (Wildman–Crippen LogP) is 2.31. The maximum Gasteiger partial charge on any atom is 0.0660 e. The smallest absolute Gasteiger partial charge is 0.0660 e. The van der Waals surface area contributed by atoms with Crippen LogP contribution >= 0.6 is 11.6 Å². The van der Waals surface area contributed by atoms with E-state index in [1.807, 2.05) is 0 Å². The molecule has 0 aromatic carbocycles. The van der Waals surface area contributed by atoms with E-state index in [0.717, 1.165) is 19.6 Å². The molecule has 82 valence electrons. The van der Waals surface area contributed by atoms with Crippen LogP contribution in [0.2, 0.25) is 0 Å². The van der Waals surface area contributed by atoms with Gasteiger partial charge in [-0.05, 0) is 19.3 Å². The van der Waals surface area contributed by atoms with Crippen LogP contribution in [0, 0.1) is 0 Å². The molecule has 1 atom stereocenters. The molecule has 1 aliphatic carbocycles. The Balaban J connectivity index is 1.86. The van der Waals surface area contributed by atoms with Gasteiger partial charge in [0.1, 0.15) is 0 Å². The fraction of sp³-hybridized carbons (Fsp3) is 1.00. The van der Waals surface area contributed by atoms with Crippen LogP contribution in [0.15, 0.2) is 0 Å². The maximum atomic E-state index is 6.04. The van der Waals surface area contributed by atoms with Crippen molar-refractivity contribution in [1.82, 2.24) is 5.32 Å². The molecule has 0 spiro atoms. The molecule has 3 heteroatoms. The number of hydrogen-bond acceptors (Lipinski definition) is 2. The number of alkyl halides is 1. The SMILES string of the molecule is ClCC1(NC2CCCCC2)CCOC1. The van der Waals surface area contributed by atoms with Crippen molar-refractivity contribution in [2.24, 2.45) is 0 Å². The van der Waals surface area contributed by atoms with Crippen molar-refractivity contribution >= 4 is 11.6 Å². The van der Waals surface area contributed by atoms with Gasteiger partial charge in [-0.15, -0.1) is 11.6 Å². The second-order valence-corrected chi connectivity index (χ2v) is 4.96. The van der Waals surface area contributed by atoms with Crippen LogP contribution in [0.25, 0.3) is 0 Å². The molecule has 0 aromatic rings. The molecule has 1 aliphatic heterocycles. The highest BCUT2D eigenvalue weighted by Crippen LogP contribution is 2.25. The predicted molar refractivity (Wildman–Crippen MR) is 58.9 cm³/mol. The lowest BCUT2D eigenvalue weighted by Crippen LogP contribution is -2.53. The van der Waals surface area contributed by atoms with Gasteiger partial charge in [0.15, 0.2) is 0 Å². The average Bonchev–Trinajstić information content (AvgIpc) is 2.69. The van der Waals surface area contributed by atoms with Gasteiger partial charge in [0.2, 0.25) is 0 Å². The molecule has 0 radical (unpaired) electrons. The highest BCUT2D eigenvalue weighted by atomic mass is 35.5. The van der Waals surface area contributed by atoms with Gasteiger partial charge in [0, 0.05) is 18.5 Å². The van der Waals surface area contributed by atoms with E-state index < -0.39 is 0 Å². The minimum Gasteiger partial charge on any atom is -0.379 e. The quantitative estimate of drug-likeness (QED) is 0.733. The van der Waals surface area contributed by atoms with Crippen molar-refractivity contribution in [3.05, 3.63) is 0 Å². The molecule has 1 saturated heterocycles. The summed E-state index contributed by atoms with van der Waals surface area (Å²) in [4.78, 5) is 0. The molecule has 1 N–H and O–H groups in total. The number of nitrogens with one attached hydrogen (secondary N) is 1. The average molecular weight is 218 g/mol. The van der Waals surface area contributed by atoms with Crippen molar-refractivity contribution in [2.75, 3.05) is 19.1 Å². The molecule has 1 heterocycles. The summed E-state index contributed by atoms with van der Waals surface area (Å²) in [5.41, 5.74) is 0.0869. The van der Waals surface area contributed by atoms with Gasteiger partial charge in [0.25, 0.3) is 0 Å². The maximum absolute atomic E-state index is 6.04. The number of hydrogen-bond donors (Lipinski definition) is 1. The fourth-order valence-electron chi connectivity index (χ4n) is 2.54. The number of ether oxygens (including phenoxy) is 1. The number of rotatable bonds is 3. The summed E-state index contributed by atoms with van der Waals surface area (Å²) in [7, 11) is 0. The van der Waals surface area contributed by atoms with Crippen LogP contribution in [0.4, 0.5) is 0 Å². The van der Waals surface area contributed by atoms with Gasteiger partial charge in [0.05, 0.1) is 12.1 Å². The molecule has 2 fully saturated rings. The molecular weight excluding hydrogens is 198 g/mol. The van der Waals surface area contributed by atoms with E-state index in [1.54, 1.807) is 0 Å². The minimum atomic E-state index is 0.0869. The number of halogens is 1. The second kappa shape index (κ2) is 4.82. The van der Waals surface area contributed by atoms with Crippen molar-refractivity contribution in [2.45, 2.75) is 50.1 Å². The Hall–Kier alpha value is 0.210. The zero-order valence-corrected chi connectivity index (χ0v) is 9.48. The molecule has 0 bridgehead atoms. The van der Waals surface area contributed by atoms with Gasteiger partial charge in [-0.25, -0.2) is 0 Å². The first-order valence-electron chi connectivity index (χ1n) is 5.76. The third kappa shape index (κ3) is 2.41. The summed E-state index contributed by atoms with van der Waals surface area (Å²) in [6, 6.07) is 0.684. The highest BCUT2D eigenvalue weighted by Gasteiger charge is 2.35. The zero-order chi connectivity index (χ0) is 9.86. The summed E-state index contributed by atoms with van der Waals surface area (Å²) in [6.45, 7) is 1.67. The lowest BCUT2D eigenvalue weighted by atomic mass is 9.91. The first kappa shape index (κ1) is 10.7. The van der Waals surface area contributed by atoms with Crippen LogP contribution in [-0.4, -0.2) is 30.7 Å². The van der Waals surface area contributed by atoms with Crippen LogP contribution in [0.1, 0.15) is 38.5 Å². The van der Waals surface area contributed by atoms with E-state index >= 15 is 0 Å². The summed E-state index contributed by atoms with van der Waals surface area (Å²) < 4.78 is 5.45. The molecular formula is C11H20ClNO. The Morgan fingerprint density at radius 1 is 1.29 bits per heavy atom. The zero-order valence-electron chi connectivity index (χ0n) is 8.73. The normalized spacial score (nSPS) is 34.9. The van der Waals surface area contributed by atoms with E-state index in [0.29, 0.717) is 11.9 Å². The summed E-state index contributed by atoms with van der Waals surface area (Å²) in [5, 5.41) is 3.72. The van der Waals surface area contributed by atoms with E-state index in [2.05, 4.69) is 5.32 Å². The first-order valence-corrected chi connectivity index (χ1v) is 6.29. The third-order valence-corrected chi connectivity index (χ3v) is 3.99. The fourth-order valence-corrected chi connectivity index (χ4v) is 2.83. The van der Waals surface area contributed by atoms with E-state index in [-0.39, 0.29) is 5.54 Å². The lowest BCUT2D eigenvalue weighted by molar-refractivity contribution is 0.163. The molecule has 2 aliphatic rings. The Morgan fingerprint density at radius 3 is 2.64 bits per heavy atom. The van der Waals surface area contributed by atoms with Crippen LogP contribution in [0.5, 0.6) is 0 Å². The molecule has 1 unspecified atom stereocenters. The topological polar surface area (TPSA) is 21.3 Å². The summed E-state index contributed by atoms with van der Waals surface area (Å²) in [5.74, 6) is 0.684. The van der Waals surface area contributed by atoms with Gasteiger partial charge in [-0.2, -0.15) is 0 Å². The Bertz CT molecular complexity index is 174. The van der Waals surface area contributed by atoms with Crippen molar-refractivity contribution in [3.8, 4) is 0 Å². The van der Waals surface area contributed by atoms with E-state index in [4.69, 9.17) is 16.3 Å². The molecule has 0 amide bonds. The van der Waals surface area contributed by atoms with Gasteiger partial charge in [-0.1, -0.05) is 19.3 Å². The Labute approximate surface area is 91.3 Å². The molecule has 1 saturated carbocycles. The van der Waals surface area contributed by atoms with Crippen LogP contribution in [-0.2, 0) is 4.74 Å². The van der Waals surface area contributed by atoms with Crippen molar-refractivity contribution in [1.29, 1.82) is 0 Å². The largest absolute Gasteiger partial charge is 0.379 e.